The summed E-state index contributed by atoms with van der Waals surface area (Å²) in [4.78, 5) is 0.258. The summed E-state index contributed by atoms with van der Waals surface area (Å²) in [5, 5.41) is 0. The van der Waals surface area contributed by atoms with E-state index in [1.807, 2.05) is 0 Å². The number of terminal acetylenes is 1. The molecule has 0 heterocycles. The van der Waals surface area contributed by atoms with E-state index in [-0.39, 0.29) is 10.9 Å². The Morgan fingerprint density at radius 2 is 2.00 bits per heavy atom. The van der Waals surface area contributed by atoms with Crippen LogP contribution in [0.2, 0.25) is 0 Å². The fourth-order valence-electron chi connectivity index (χ4n) is 1.15. The molecule has 1 aromatic carbocycles. The van der Waals surface area contributed by atoms with Crippen LogP contribution in [-0.4, -0.2) is 14.5 Å². The van der Waals surface area contributed by atoms with Gasteiger partial charge in [-0.3, -0.25) is 0 Å². The molecule has 4 heteroatoms. The Labute approximate surface area is 90.6 Å². The minimum Gasteiger partial charge on any atom is -0.207 e. The predicted molar refractivity (Wildman–Crippen MR) is 59.7 cm³/mol. The number of hydrogen-bond donors (Lipinski definition) is 1. The van der Waals surface area contributed by atoms with Crippen molar-refractivity contribution in [2.24, 2.45) is 0 Å². The monoisotopic (exact) mass is 223 g/mol. The molecule has 80 valence electrons. The third-order valence-corrected chi connectivity index (χ3v) is 3.44. The van der Waals surface area contributed by atoms with Gasteiger partial charge >= 0.3 is 0 Å². The summed E-state index contributed by atoms with van der Waals surface area (Å²) in [6.45, 7) is 1.74. The molecule has 1 unspecified atom stereocenters. The summed E-state index contributed by atoms with van der Waals surface area (Å²) in [5.74, 6) is 2.41. The third kappa shape index (κ3) is 3.39. The first kappa shape index (κ1) is 11.8. The number of nitrogens with one attached hydrogen (secondary N) is 1. The molecule has 1 aromatic rings. The highest BCUT2D eigenvalue weighted by Gasteiger charge is 2.15. The minimum absolute atomic E-state index is 0.250. The summed E-state index contributed by atoms with van der Waals surface area (Å²) in [7, 11) is -3.43. The maximum Gasteiger partial charge on any atom is 0.240 e. The van der Waals surface area contributed by atoms with Crippen LogP contribution in [0.5, 0.6) is 0 Å². The van der Waals surface area contributed by atoms with Crippen LogP contribution in [0.3, 0.4) is 0 Å². The van der Waals surface area contributed by atoms with Crippen LogP contribution in [0.25, 0.3) is 0 Å². The summed E-state index contributed by atoms with van der Waals surface area (Å²) < 4.78 is 26.0. The van der Waals surface area contributed by atoms with E-state index in [1.54, 1.807) is 37.3 Å². The molecule has 15 heavy (non-hydrogen) atoms. The summed E-state index contributed by atoms with van der Waals surface area (Å²) in [6, 6.07) is 7.97. The first-order valence-electron chi connectivity index (χ1n) is 4.57. The van der Waals surface area contributed by atoms with Gasteiger partial charge in [0.25, 0.3) is 0 Å². The van der Waals surface area contributed by atoms with Crippen molar-refractivity contribution < 1.29 is 8.42 Å². The maximum absolute atomic E-state index is 11.7. The van der Waals surface area contributed by atoms with E-state index in [9.17, 15) is 8.42 Å². The van der Waals surface area contributed by atoms with Gasteiger partial charge in [0, 0.05) is 12.5 Å². The van der Waals surface area contributed by atoms with Crippen molar-refractivity contribution in [3.8, 4) is 12.3 Å². The molecule has 0 radical (unpaired) electrons. The van der Waals surface area contributed by atoms with E-state index in [1.165, 1.54) is 0 Å². The van der Waals surface area contributed by atoms with Crippen molar-refractivity contribution in [2.45, 2.75) is 24.3 Å². The van der Waals surface area contributed by atoms with E-state index < -0.39 is 10.0 Å². The van der Waals surface area contributed by atoms with E-state index in [0.717, 1.165) is 0 Å². The van der Waals surface area contributed by atoms with E-state index in [4.69, 9.17) is 6.42 Å². The second kappa shape index (κ2) is 4.96. The molecule has 0 aromatic heterocycles. The Morgan fingerprint density at radius 3 is 2.53 bits per heavy atom. The van der Waals surface area contributed by atoms with E-state index in [2.05, 4.69) is 10.6 Å². The van der Waals surface area contributed by atoms with Crippen LogP contribution in [0.4, 0.5) is 0 Å². The highest BCUT2D eigenvalue weighted by atomic mass is 32.2. The molecule has 0 spiro atoms. The van der Waals surface area contributed by atoms with Crippen LogP contribution >= 0.6 is 0 Å². The van der Waals surface area contributed by atoms with Gasteiger partial charge in [-0.15, -0.1) is 12.3 Å². The zero-order chi connectivity index (χ0) is 11.3. The van der Waals surface area contributed by atoms with Crippen molar-refractivity contribution in [3.63, 3.8) is 0 Å². The molecule has 0 amide bonds. The maximum atomic E-state index is 11.7. The Bertz CT molecular complexity index is 445. The van der Waals surface area contributed by atoms with Crippen molar-refractivity contribution in [2.75, 3.05) is 0 Å². The molecular weight excluding hydrogens is 210 g/mol. The molecule has 0 saturated carbocycles. The predicted octanol–water partition coefficient (Wildman–Crippen LogP) is 1.38. The smallest absolute Gasteiger partial charge is 0.207 e. The largest absolute Gasteiger partial charge is 0.240 e. The normalized spacial score (nSPS) is 13.1. The van der Waals surface area contributed by atoms with Crippen LogP contribution < -0.4 is 4.72 Å². The van der Waals surface area contributed by atoms with Gasteiger partial charge in [-0.1, -0.05) is 18.2 Å². The summed E-state index contributed by atoms with van der Waals surface area (Å²) in [6.07, 6.45) is 5.48. The van der Waals surface area contributed by atoms with Crippen molar-refractivity contribution in [3.05, 3.63) is 30.3 Å². The minimum atomic E-state index is -3.43. The molecule has 3 nitrogen and oxygen atoms in total. The van der Waals surface area contributed by atoms with Gasteiger partial charge in [-0.25, -0.2) is 13.1 Å². The number of benzene rings is 1. The Kier molecular flexibility index (Phi) is 3.89. The Hall–Kier alpha value is -1.31. The van der Waals surface area contributed by atoms with Crippen LogP contribution in [-0.2, 0) is 10.0 Å². The Balaban J connectivity index is 2.82. The zero-order valence-corrected chi connectivity index (χ0v) is 9.29. The highest BCUT2D eigenvalue weighted by molar-refractivity contribution is 7.89. The molecule has 1 atom stereocenters. The van der Waals surface area contributed by atoms with Crippen molar-refractivity contribution >= 4 is 10.0 Å². The van der Waals surface area contributed by atoms with Crippen LogP contribution in [0, 0.1) is 12.3 Å². The summed E-state index contributed by atoms with van der Waals surface area (Å²) in [5.41, 5.74) is 0. The van der Waals surface area contributed by atoms with Gasteiger partial charge in [0.1, 0.15) is 0 Å². The first-order chi connectivity index (χ1) is 7.06. The quantitative estimate of drug-likeness (QED) is 0.784. The van der Waals surface area contributed by atoms with Crippen molar-refractivity contribution in [1.29, 1.82) is 0 Å². The molecule has 0 aliphatic heterocycles. The van der Waals surface area contributed by atoms with Crippen molar-refractivity contribution in [1.82, 2.24) is 4.72 Å². The van der Waals surface area contributed by atoms with Gasteiger partial charge < -0.3 is 0 Å². The molecule has 0 bridgehead atoms. The average molecular weight is 223 g/mol. The highest BCUT2D eigenvalue weighted by Crippen LogP contribution is 2.08. The second-order valence-corrected chi connectivity index (χ2v) is 4.96. The van der Waals surface area contributed by atoms with Gasteiger partial charge in [-0.2, -0.15) is 0 Å². The fraction of sp³-hybridized carbons (Fsp3) is 0.273. The third-order valence-electron chi connectivity index (χ3n) is 1.83. The Morgan fingerprint density at radius 1 is 1.40 bits per heavy atom. The molecule has 0 saturated heterocycles. The number of sulfonamides is 1. The summed E-state index contributed by atoms with van der Waals surface area (Å²) >= 11 is 0. The van der Waals surface area contributed by atoms with Crippen LogP contribution in [0.15, 0.2) is 35.2 Å². The van der Waals surface area contributed by atoms with Gasteiger partial charge in [0.15, 0.2) is 0 Å². The lowest BCUT2D eigenvalue weighted by Gasteiger charge is -2.11. The van der Waals surface area contributed by atoms with Gasteiger partial charge in [0.2, 0.25) is 10.0 Å². The molecule has 0 aliphatic rings. The topological polar surface area (TPSA) is 46.2 Å². The first-order valence-corrected chi connectivity index (χ1v) is 6.05. The van der Waals surface area contributed by atoms with E-state index >= 15 is 0 Å². The lowest BCUT2D eigenvalue weighted by atomic mass is 10.3. The number of rotatable bonds is 4. The molecule has 1 rings (SSSR count). The second-order valence-electron chi connectivity index (χ2n) is 3.24. The lowest BCUT2D eigenvalue weighted by molar-refractivity contribution is 0.563. The molecule has 1 N–H and O–H groups in total. The number of hydrogen-bond acceptors (Lipinski definition) is 2. The standard InChI is InChI=1S/C11H13NO2S/c1-3-7-10(2)12-15(13,14)11-8-5-4-6-9-11/h1,4-6,8-10,12H,7H2,2H3. The van der Waals surface area contributed by atoms with Gasteiger partial charge in [0.05, 0.1) is 4.90 Å². The molecule has 0 aliphatic carbocycles. The fourth-order valence-corrected chi connectivity index (χ4v) is 2.42. The van der Waals surface area contributed by atoms with E-state index in [0.29, 0.717) is 6.42 Å². The average Bonchev–Trinajstić information content (AvgIpc) is 2.18. The molecule has 0 fully saturated rings. The zero-order valence-electron chi connectivity index (χ0n) is 8.47. The molecular formula is C11H13NO2S. The SMILES string of the molecule is C#CCC(C)NS(=O)(=O)c1ccccc1. The lowest BCUT2D eigenvalue weighted by Crippen LogP contribution is -2.32. The van der Waals surface area contributed by atoms with Gasteiger partial charge in [-0.05, 0) is 19.1 Å². The van der Waals surface area contributed by atoms with Crippen LogP contribution in [0.1, 0.15) is 13.3 Å².